The Kier molecular flexibility index (Phi) is 3.87. The second-order valence-electron chi connectivity index (χ2n) is 5.21. The Morgan fingerprint density at radius 1 is 1.27 bits per heavy atom. The highest BCUT2D eigenvalue weighted by atomic mass is 16.5. The number of hydrogen-bond donors (Lipinski definition) is 2. The van der Waals surface area contributed by atoms with Gasteiger partial charge in [0.1, 0.15) is 11.5 Å². The fourth-order valence-electron chi connectivity index (χ4n) is 2.36. The maximum absolute atomic E-state index is 11.2. The van der Waals surface area contributed by atoms with Gasteiger partial charge in [-0.1, -0.05) is 12.1 Å². The van der Waals surface area contributed by atoms with Crippen molar-refractivity contribution in [1.82, 2.24) is 0 Å². The summed E-state index contributed by atoms with van der Waals surface area (Å²) < 4.78 is 10.7. The third kappa shape index (κ3) is 2.98. The quantitative estimate of drug-likeness (QED) is 0.911. The highest BCUT2D eigenvalue weighted by molar-refractivity contribution is 5.95. The molecule has 22 heavy (non-hydrogen) atoms. The van der Waals surface area contributed by atoms with Crippen LogP contribution in [0.25, 0.3) is 0 Å². The molecule has 3 rings (SSSR count). The number of carbonyl (C=O) groups excluding carboxylic acids is 1. The third-order valence-corrected chi connectivity index (χ3v) is 3.58. The molecule has 1 heterocycles. The Labute approximate surface area is 129 Å². The molecule has 2 aromatic rings. The first-order valence-electron chi connectivity index (χ1n) is 7.10. The topological polar surface area (TPSA) is 59.6 Å². The number of methoxy groups -OCH3 is 1. The van der Waals surface area contributed by atoms with E-state index in [1.165, 1.54) is 0 Å². The van der Waals surface area contributed by atoms with Gasteiger partial charge in [0.05, 0.1) is 12.8 Å². The summed E-state index contributed by atoms with van der Waals surface area (Å²) in [5, 5.41) is 6.12. The zero-order chi connectivity index (χ0) is 15.5. The molecule has 0 spiro atoms. The summed E-state index contributed by atoms with van der Waals surface area (Å²) in [5.41, 5.74) is 3.90. The van der Waals surface area contributed by atoms with Gasteiger partial charge in [0, 0.05) is 18.3 Å². The number of hydrogen-bond acceptors (Lipinski definition) is 4. The van der Waals surface area contributed by atoms with E-state index in [9.17, 15) is 4.79 Å². The van der Waals surface area contributed by atoms with Crippen molar-refractivity contribution in [3.05, 3.63) is 47.5 Å². The molecular formula is C17H18N2O3. The first-order valence-corrected chi connectivity index (χ1v) is 7.10. The average Bonchev–Trinajstić information content (AvgIpc) is 2.54. The van der Waals surface area contributed by atoms with Gasteiger partial charge in [-0.3, -0.25) is 4.79 Å². The molecule has 1 amide bonds. The summed E-state index contributed by atoms with van der Waals surface area (Å²) >= 11 is 0. The SMILES string of the molecule is COc1cc(CNc2ccc3c(c2)OCC(=O)N3)ccc1C. The van der Waals surface area contributed by atoms with Crippen LogP contribution in [0.15, 0.2) is 36.4 Å². The van der Waals surface area contributed by atoms with E-state index >= 15 is 0 Å². The first kappa shape index (κ1) is 14.3. The van der Waals surface area contributed by atoms with Crippen LogP contribution in [0.1, 0.15) is 11.1 Å². The summed E-state index contributed by atoms with van der Waals surface area (Å²) in [4.78, 5) is 11.2. The summed E-state index contributed by atoms with van der Waals surface area (Å²) in [5.74, 6) is 1.45. The van der Waals surface area contributed by atoms with Gasteiger partial charge in [-0.15, -0.1) is 0 Å². The zero-order valence-corrected chi connectivity index (χ0v) is 12.6. The van der Waals surface area contributed by atoms with Crippen molar-refractivity contribution in [2.75, 3.05) is 24.4 Å². The van der Waals surface area contributed by atoms with Crippen molar-refractivity contribution in [1.29, 1.82) is 0 Å². The molecule has 0 aliphatic carbocycles. The number of fused-ring (bicyclic) bond motifs is 1. The lowest BCUT2D eigenvalue weighted by Crippen LogP contribution is -2.25. The van der Waals surface area contributed by atoms with Crippen LogP contribution in [0.4, 0.5) is 11.4 Å². The lowest BCUT2D eigenvalue weighted by molar-refractivity contribution is -0.118. The molecule has 1 aliphatic heterocycles. The van der Waals surface area contributed by atoms with Crippen molar-refractivity contribution in [3.8, 4) is 11.5 Å². The number of anilines is 2. The highest BCUT2D eigenvalue weighted by Gasteiger charge is 2.15. The van der Waals surface area contributed by atoms with E-state index in [2.05, 4.69) is 16.7 Å². The Hall–Kier alpha value is -2.69. The van der Waals surface area contributed by atoms with Gasteiger partial charge in [-0.2, -0.15) is 0 Å². The first-order chi connectivity index (χ1) is 10.7. The minimum Gasteiger partial charge on any atom is -0.496 e. The minimum atomic E-state index is -0.125. The largest absolute Gasteiger partial charge is 0.496 e. The van der Waals surface area contributed by atoms with Crippen molar-refractivity contribution in [2.45, 2.75) is 13.5 Å². The zero-order valence-electron chi connectivity index (χ0n) is 12.6. The van der Waals surface area contributed by atoms with Crippen LogP contribution in [0.5, 0.6) is 11.5 Å². The van der Waals surface area contributed by atoms with Crippen LogP contribution in [0.2, 0.25) is 0 Å². The van der Waals surface area contributed by atoms with Gasteiger partial charge in [0.2, 0.25) is 0 Å². The number of carbonyl (C=O) groups is 1. The standard InChI is InChI=1S/C17H18N2O3/c1-11-3-4-12(7-15(11)21-2)9-18-13-5-6-14-16(8-13)22-10-17(20)19-14/h3-8,18H,9-10H2,1-2H3,(H,19,20). The molecule has 2 N–H and O–H groups in total. The lowest BCUT2D eigenvalue weighted by Gasteiger charge is -2.19. The van der Waals surface area contributed by atoms with Gasteiger partial charge in [0.15, 0.2) is 6.61 Å². The van der Waals surface area contributed by atoms with Crippen LogP contribution >= 0.6 is 0 Å². The van der Waals surface area contributed by atoms with Crippen LogP contribution in [-0.2, 0) is 11.3 Å². The molecular weight excluding hydrogens is 280 g/mol. The Bertz CT molecular complexity index is 713. The molecule has 0 aromatic heterocycles. The van der Waals surface area contributed by atoms with Crippen molar-refractivity contribution in [3.63, 3.8) is 0 Å². The van der Waals surface area contributed by atoms with Crippen LogP contribution in [0.3, 0.4) is 0 Å². The Morgan fingerprint density at radius 2 is 2.14 bits per heavy atom. The monoisotopic (exact) mass is 298 g/mol. The van der Waals surface area contributed by atoms with E-state index in [-0.39, 0.29) is 12.5 Å². The lowest BCUT2D eigenvalue weighted by atomic mass is 10.1. The fraction of sp³-hybridized carbons (Fsp3) is 0.235. The van der Waals surface area contributed by atoms with Crippen molar-refractivity contribution >= 4 is 17.3 Å². The van der Waals surface area contributed by atoms with Gasteiger partial charge in [-0.25, -0.2) is 0 Å². The third-order valence-electron chi connectivity index (χ3n) is 3.58. The number of benzene rings is 2. The molecule has 0 fully saturated rings. The fourth-order valence-corrected chi connectivity index (χ4v) is 2.36. The summed E-state index contributed by atoms with van der Waals surface area (Å²) in [7, 11) is 1.68. The van der Waals surface area contributed by atoms with Crippen LogP contribution < -0.4 is 20.1 Å². The maximum Gasteiger partial charge on any atom is 0.262 e. The molecule has 5 nitrogen and oxygen atoms in total. The van der Waals surface area contributed by atoms with Crippen molar-refractivity contribution in [2.24, 2.45) is 0 Å². The normalized spacial score (nSPS) is 12.9. The number of aryl methyl sites for hydroxylation is 1. The van der Waals surface area contributed by atoms with E-state index in [0.29, 0.717) is 18.0 Å². The molecule has 5 heteroatoms. The smallest absolute Gasteiger partial charge is 0.262 e. The summed E-state index contributed by atoms with van der Waals surface area (Å²) in [6.07, 6.45) is 0. The molecule has 0 bridgehead atoms. The van der Waals surface area contributed by atoms with E-state index in [4.69, 9.17) is 9.47 Å². The van der Waals surface area contributed by atoms with E-state index in [1.807, 2.05) is 37.3 Å². The van der Waals surface area contributed by atoms with E-state index < -0.39 is 0 Å². The molecule has 1 aliphatic rings. The molecule has 2 aromatic carbocycles. The van der Waals surface area contributed by atoms with Crippen molar-refractivity contribution < 1.29 is 14.3 Å². The number of ether oxygens (including phenoxy) is 2. The predicted octanol–water partition coefficient (Wildman–Crippen LogP) is 2.95. The number of nitrogens with one attached hydrogen (secondary N) is 2. The number of rotatable bonds is 4. The molecule has 114 valence electrons. The maximum atomic E-state index is 11.2. The predicted molar refractivity (Wildman–Crippen MR) is 85.6 cm³/mol. The van der Waals surface area contributed by atoms with Gasteiger partial charge in [-0.05, 0) is 36.2 Å². The second kappa shape index (κ2) is 5.97. The van der Waals surface area contributed by atoms with Crippen LogP contribution in [0, 0.1) is 6.92 Å². The Balaban J connectivity index is 1.70. The molecule has 0 unspecified atom stereocenters. The highest BCUT2D eigenvalue weighted by Crippen LogP contribution is 2.30. The Morgan fingerprint density at radius 3 is 2.95 bits per heavy atom. The van der Waals surface area contributed by atoms with Crippen LogP contribution in [-0.4, -0.2) is 19.6 Å². The minimum absolute atomic E-state index is 0.0611. The second-order valence-corrected chi connectivity index (χ2v) is 5.21. The van der Waals surface area contributed by atoms with E-state index in [1.54, 1.807) is 7.11 Å². The van der Waals surface area contributed by atoms with Gasteiger partial charge in [0.25, 0.3) is 5.91 Å². The summed E-state index contributed by atoms with van der Waals surface area (Å²) in [6.45, 7) is 2.76. The van der Waals surface area contributed by atoms with Gasteiger partial charge >= 0.3 is 0 Å². The molecule has 0 radical (unpaired) electrons. The molecule has 0 atom stereocenters. The number of amides is 1. The average molecular weight is 298 g/mol. The van der Waals surface area contributed by atoms with E-state index in [0.717, 1.165) is 22.6 Å². The van der Waals surface area contributed by atoms with Gasteiger partial charge < -0.3 is 20.1 Å². The summed E-state index contributed by atoms with van der Waals surface area (Å²) in [6, 6.07) is 11.8. The molecule has 0 saturated carbocycles. The molecule has 0 saturated heterocycles.